The zero-order chi connectivity index (χ0) is 11.1. The van der Waals surface area contributed by atoms with Gasteiger partial charge in [0.15, 0.2) is 9.84 Å². The van der Waals surface area contributed by atoms with Crippen molar-refractivity contribution in [3.63, 3.8) is 0 Å². The van der Waals surface area contributed by atoms with Crippen molar-refractivity contribution in [1.82, 2.24) is 0 Å². The summed E-state index contributed by atoms with van der Waals surface area (Å²) in [6.45, 7) is 2.58. The maximum atomic E-state index is 11.3. The molecule has 1 N–H and O–H groups in total. The highest BCUT2D eigenvalue weighted by molar-refractivity contribution is 7.90. The third kappa shape index (κ3) is 2.07. The van der Waals surface area contributed by atoms with E-state index in [2.05, 4.69) is 5.32 Å². The largest absolute Gasteiger partial charge is 0.489 e. The van der Waals surface area contributed by atoms with Crippen LogP contribution in [0.15, 0.2) is 23.1 Å². The van der Waals surface area contributed by atoms with E-state index in [1.807, 2.05) is 6.92 Å². The summed E-state index contributed by atoms with van der Waals surface area (Å²) in [5, 5.41) is 3.18. The molecule has 15 heavy (non-hydrogen) atoms. The first-order chi connectivity index (χ1) is 6.97. The van der Waals surface area contributed by atoms with Crippen LogP contribution in [-0.2, 0) is 9.84 Å². The second-order valence-corrected chi connectivity index (χ2v) is 5.80. The van der Waals surface area contributed by atoms with Crippen molar-refractivity contribution < 1.29 is 13.2 Å². The lowest BCUT2D eigenvalue weighted by atomic mass is 10.2. The van der Waals surface area contributed by atoms with Crippen molar-refractivity contribution in [3.05, 3.63) is 18.2 Å². The van der Waals surface area contributed by atoms with Gasteiger partial charge < -0.3 is 10.1 Å². The van der Waals surface area contributed by atoms with Crippen LogP contribution in [0.1, 0.15) is 6.92 Å². The fourth-order valence-electron chi connectivity index (χ4n) is 1.50. The number of fused-ring (bicyclic) bond motifs is 1. The summed E-state index contributed by atoms with van der Waals surface area (Å²) < 4.78 is 28.1. The maximum Gasteiger partial charge on any atom is 0.175 e. The fourth-order valence-corrected chi connectivity index (χ4v) is 2.15. The van der Waals surface area contributed by atoms with Gasteiger partial charge in [-0.1, -0.05) is 0 Å². The number of hydrogen-bond donors (Lipinski definition) is 1. The Balaban J connectivity index is 2.46. The summed E-state index contributed by atoms with van der Waals surface area (Å²) in [6, 6.07) is 5.06. The summed E-state index contributed by atoms with van der Waals surface area (Å²) in [5.74, 6) is 0.709. The number of sulfone groups is 1. The molecular formula is C10H13NO3S. The normalized spacial score (nSPS) is 20.0. The summed E-state index contributed by atoms with van der Waals surface area (Å²) >= 11 is 0. The number of nitrogens with one attached hydrogen (secondary N) is 1. The zero-order valence-corrected chi connectivity index (χ0v) is 9.47. The van der Waals surface area contributed by atoms with Crippen LogP contribution in [0.25, 0.3) is 0 Å². The van der Waals surface area contributed by atoms with Gasteiger partial charge in [-0.15, -0.1) is 0 Å². The van der Waals surface area contributed by atoms with Crippen LogP contribution in [0.4, 0.5) is 5.69 Å². The van der Waals surface area contributed by atoms with Crippen molar-refractivity contribution in [1.29, 1.82) is 0 Å². The minimum Gasteiger partial charge on any atom is -0.489 e. The molecular weight excluding hydrogens is 214 g/mol. The quantitative estimate of drug-likeness (QED) is 0.785. The second kappa shape index (κ2) is 3.41. The molecule has 0 saturated heterocycles. The van der Waals surface area contributed by atoms with Gasteiger partial charge >= 0.3 is 0 Å². The molecule has 1 unspecified atom stereocenters. The Labute approximate surface area is 89.2 Å². The monoisotopic (exact) mass is 227 g/mol. The molecule has 0 amide bonds. The van der Waals surface area contributed by atoms with Crippen LogP contribution in [0.3, 0.4) is 0 Å². The van der Waals surface area contributed by atoms with Gasteiger partial charge in [-0.3, -0.25) is 0 Å². The number of anilines is 1. The SMILES string of the molecule is CC1COc2ccc(S(C)(=O)=O)cc2N1. The van der Waals surface area contributed by atoms with E-state index >= 15 is 0 Å². The van der Waals surface area contributed by atoms with Gasteiger partial charge in [-0.2, -0.15) is 0 Å². The molecule has 1 aromatic carbocycles. The van der Waals surface area contributed by atoms with Crippen LogP contribution in [0.2, 0.25) is 0 Å². The van der Waals surface area contributed by atoms with E-state index in [1.54, 1.807) is 18.2 Å². The Hall–Kier alpha value is -1.23. The molecule has 1 aromatic rings. The molecule has 1 heterocycles. The zero-order valence-electron chi connectivity index (χ0n) is 8.65. The first kappa shape index (κ1) is 10.3. The molecule has 0 spiro atoms. The van der Waals surface area contributed by atoms with Crippen LogP contribution < -0.4 is 10.1 Å². The fraction of sp³-hybridized carbons (Fsp3) is 0.400. The lowest BCUT2D eigenvalue weighted by Gasteiger charge is -2.25. The second-order valence-electron chi connectivity index (χ2n) is 3.79. The Morgan fingerprint density at radius 1 is 1.47 bits per heavy atom. The van der Waals surface area contributed by atoms with E-state index in [4.69, 9.17) is 4.74 Å². The Bertz CT molecular complexity index is 481. The minimum absolute atomic E-state index is 0.201. The Morgan fingerprint density at radius 2 is 2.20 bits per heavy atom. The van der Waals surface area contributed by atoms with Gasteiger partial charge in [0.1, 0.15) is 12.4 Å². The molecule has 0 fully saturated rings. The first-order valence-electron chi connectivity index (χ1n) is 4.70. The van der Waals surface area contributed by atoms with E-state index in [-0.39, 0.29) is 6.04 Å². The number of benzene rings is 1. The highest BCUT2D eigenvalue weighted by Gasteiger charge is 2.17. The molecule has 0 aromatic heterocycles. The number of rotatable bonds is 1. The van der Waals surface area contributed by atoms with E-state index < -0.39 is 9.84 Å². The number of hydrogen-bond acceptors (Lipinski definition) is 4. The molecule has 0 bridgehead atoms. The van der Waals surface area contributed by atoms with E-state index in [0.29, 0.717) is 17.3 Å². The summed E-state index contributed by atoms with van der Waals surface area (Å²) in [5.41, 5.74) is 0.747. The van der Waals surface area contributed by atoms with Gasteiger partial charge in [0.2, 0.25) is 0 Å². The smallest absolute Gasteiger partial charge is 0.175 e. The van der Waals surface area contributed by atoms with Crippen molar-refractivity contribution in [3.8, 4) is 5.75 Å². The molecule has 0 aliphatic carbocycles. The van der Waals surface area contributed by atoms with Crippen LogP contribution in [0.5, 0.6) is 5.75 Å². The lowest BCUT2D eigenvalue weighted by Crippen LogP contribution is -2.28. The predicted molar refractivity (Wildman–Crippen MR) is 58.1 cm³/mol. The lowest BCUT2D eigenvalue weighted by molar-refractivity contribution is 0.291. The molecule has 0 saturated carbocycles. The molecule has 1 atom stereocenters. The van der Waals surface area contributed by atoms with Gasteiger partial charge in [0.05, 0.1) is 16.6 Å². The van der Waals surface area contributed by atoms with Gasteiger partial charge in [-0.25, -0.2) is 8.42 Å². The topological polar surface area (TPSA) is 55.4 Å². The van der Waals surface area contributed by atoms with Crippen molar-refractivity contribution in [2.75, 3.05) is 18.2 Å². The Morgan fingerprint density at radius 3 is 2.87 bits per heavy atom. The molecule has 1 aliphatic rings. The van der Waals surface area contributed by atoms with Gasteiger partial charge in [0, 0.05) is 6.26 Å². The minimum atomic E-state index is -3.15. The molecule has 1 aliphatic heterocycles. The van der Waals surface area contributed by atoms with E-state index in [0.717, 1.165) is 5.69 Å². The Kier molecular flexibility index (Phi) is 2.34. The first-order valence-corrected chi connectivity index (χ1v) is 6.59. The van der Waals surface area contributed by atoms with Crippen molar-refractivity contribution in [2.45, 2.75) is 17.9 Å². The van der Waals surface area contributed by atoms with Crippen molar-refractivity contribution in [2.24, 2.45) is 0 Å². The van der Waals surface area contributed by atoms with Crippen LogP contribution in [-0.4, -0.2) is 27.3 Å². The predicted octanol–water partition coefficient (Wildman–Crippen LogP) is 1.28. The standard InChI is InChI=1S/C10H13NO3S/c1-7-6-14-10-4-3-8(15(2,12)13)5-9(10)11-7/h3-5,7,11H,6H2,1-2H3. The average molecular weight is 227 g/mol. The molecule has 0 radical (unpaired) electrons. The highest BCUT2D eigenvalue weighted by Crippen LogP contribution is 2.31. The summed E-state index contributed by atoms with van der Waals surface area (Å²) in [4.78, 5) is 0.312. The summed E-state index contributed by atoms with van der Waals surface area (Å²) in [7, 11) is -3.15. The molecule has 5 heteroatoms. The third-order valence-corrected chi connectivity index (χ3v) is 3.38. The van der Waals surface area contributed by atoms with E-state index in [1.165, 1.54) is 6.26 Å². The maximum absolute atomic E-state index is 11.3. The van der Waals surface area contributed by atoms with Crippen LogP contribution in [0, 0.1) is 0 Å². The van der Waals surface area contributed by atoms with Gasteiger partial charge in [-0.05, 0) is 25.1 Å². The third-order valence-electron chi connectivity index (χ3n) is 2.27. The molecule has 82 valence electrons. The van der Waals surface area contributed by atoms with Gasteiger partial charge in [0.25, 0.3) is 0 Å². The highest BCUT2D eigenvalue weighted by atomic mass is 32.2. The van der Waals surface area contributed by atoms with Crippen LogP contribution >= 0.6 is 0 Å². The average Bonchev–Trinajstić information content (AvgIpc) is 2.15. The van der Waals surface area contributed by atoms with Crippen molar-refractivity contribution >= 4 is 15.5 Å². The number of ether oxygens (including phenoxy) is 1. The molecule has 2 rings (SSSR count). The van der Waals surface area contributed by atoms with E-state index in [9.17, 15) is 8.42 Å². The summed E-state index contributed by atoms with van der Waals surface area (Å²) in [6.07, 6.45) is 1.20. The molecule has 4 nitrogen and oxygen atoms in total.